The van der Waals surface area contributed by atoms with Crippen molar-refractivity contribution in [2.24, 2.45) is 0 Å². The third kappa shape index (κ3) is 4.70. The molecular weight excluding hydrogens is 266 g/mol. The second-order valence-corrected chi connectivity index (χ2v) is 6.63. The van der Waals surface area contributed by atoms with Gasteiger partial charge in [-0.1, -0.05) is 6.07 Å². The highest BCUT2D eigenvalue weighted by atomic mass is 16.6. The highest BCUT2D eigenvalue weighted by molar-refractivity contribution is 5.68. The molecule has 0 spiro atoms. The van der Waals surface area contributed by atoms with Gasteiger partial charge in [-0.2, -0.15) is 0 Å². The molecule has 0 unspecified atom stereocenters. The maximum Gasteiger partial charge on any atom is 0.410 e. The predicted octanol–water partition coefficient (Wildman–Crippen LogP) is 2.52. The van der Waals surface area contributed by atoms with Crippen LogP contribution in [0.3, 0.4) is 0 Å². The van der Waals surface area contributed by atoms with Gasteiger partial charge in [0.15, 0.2) is 0 Å². The van der Waals surface area contributed by atoms with Crippen LogP contribution in [-0.4, -0.2) is 52.7 Å². The van der Waals surface area contributed by atoms with Crippen molar-refractivity contribution in [1.29, 1.82) is 0 Å². The smallest absolute Gasteiger partial charge is 0.410 e. The Morgan fingerprint density at radius 3 is 2.90 bits per heavy atom. The summed E-state index contributed by atoms with van der Waals surface area (Å²) >= 11 is 0. The van der Waals surface area contributed by atoms with E-state index in [1.807, 2.05) is 40.1 Å². The minimum absolute atomic E-state index is 0.219. The van der Waals surface area contributed by atoms with Crippen molar-refractivity contribution in [3.63, 3.8) is 0 Å². The molecule has 1 aliphatic rings. The Hall–Kier alpha value is -1.62. The molecular formula is C16H25N3O2. The number of ether oxygens (including phenoxy) is 1. The van der Waals surface area contributed by atoms with E-state index in [0.717, 1.165) is 26.1 Å². The van der Waals surface area contributed by atoms with Crippen LogP contribution in [0, 0.1) is 0 Å². The van der Waals surface area contributed by atoms with E-state index in [0.29, 0.717) is 0 Å². The molecule has 2 heterocycles. The molecule has 1 atom stereocenters. The molecule has 2 rings (SSSR count). The molecule has 1 aromatic heterocycles. The molecule has 0 aliphatic carbocycles. The van der Waals surface area contributed by atoms with Gasteiger partial charge in [-0.25, -0.2) is 4.79 Å². The Morgan fingerprint density at radius 2 is 2.29 bits per heavy atom. The average Bonchev–Trinajstić information content (AvgIpc) is 2.85. The van der Waals surface area contributed by atoms with Gasteiger partial charge in [0.2, 0.25) is 0 Å². The van der Waals surface area contributed by atoms with Crippen molar-refractivity contribution in [3.05, 3.63) is 30.1 Å². The van der Waals surface area contributed by atoms with E-state index < -0.39 is 5.60 Å². The number of carbonyl (C=O) groups excluding carboxylic acids is 1. The van der Waals surface area contributed by atoms with Crippen LogP contribution in [0.5, 0.6) is 0 Å². The summed E-state index contributed by atoms with van der Waals surface area (Å²) in [4.78, 5) is 20.3. The molecule has 0 saturated carbocycles. The lowest BCUT2D eigenvalue weighted by molar-refractivity contribution is 0.0228. The molecule has 21 heavy (non-hydrogen) atoms. The van der Waals surface area contributed by atoms with E-state index in [9.17, 15) is 4.79 Å². The van der Waals surface area contributed by atoms with Gasteiger partial charge in [0.05, 0.1) is 0 Å². The van der Waals surface area contributed by atoms with Gasteiger partial charge in [-0.15, -0.1) is 0 Å². The monoisotopic (exact) mass is 291 g/mol. The van der Waals surface area contributed by atoms with Crippen LogP contribution >= 0.6 is 0 Å². The average molecular weight is 291 g/mol. The van der Waals surface area contributed by atoms with Crippen molar-refractivity contribution in [2.45, 2.75) is 45.4 Å². The molecule has 1 fully saturated rings. The second kappa shape index (κ2) is 6.43. The van der Waals surface area contributed by atoms with Gasteiger partial charge in [0.25, 0.3) is 0 Å². The van der Waals surface area contributed by atoms with E-state index in [-0.39, 0.29) is 12.1 Å². The van der Waals surface area contributed by atoms with Gasteiger partial charge in [-0.3, -0.25) is 9.88 Å². The maximum absolute atomic E-state index is 12.1. The minimum Gasteiger partial charge on any atom is -0.444 e. The fourth-order valence-corrected chi connectivity index (χ4v) is 2.50. The van der Waals surface area contributed by atoms with Gasteiger partial charge < -0.3 is 9.64 Å². The zero-order chi connectivity index (χ0) is 15.5. The number of aromatic nitrogens is 1. The third-order valence-electron chi connectivity index (χ3n) is 3.61. The first-order valence-corrected chi connectivity index (χ1v) is 7.42. The van der Waals surface area contributed by atoms with Gasteiger partial charge in [0, 0.05) is 45.1 Å². The first kappa shape index (κ1) is 15.8. The lowest BCUT2D eigenvalue weighted by Crippen LogP contribution is -2.42. The standard InChI is InChI=1S/C16H25N3O2/c1-16(2,3)21-15(20)18(4)14-7-9-19(12-14)11-13-6-5-8-17-10-13/h5-6,8,10,14H,7,9,11-12H2,1-4H3/t14-/m0/s1. The van der Waals surface area contributed by atoms with Crippen molar-refractivity contribution >= 4 is 6.09 Å². The molecule has 1 amide bonds. The molecule has 0 bridgehead atoms. The Bertz CT molecular complexity index is 470. The number of pyridine rings is 1. The van der Waals surface area contributed by atoms with E-state index in [4.69, 9.17) is 4.74 Å². The first-order valence-electron chi connectivity index (χ1n) is 7.42. The number of likely N-dealkylation sites (tertiary alicyclic amines) is 1. The fourth-order valence-electron chi connectivity index (χ4n) is 2.50. The molecule has 0 N–H and O–H groups in total. The molecule has 5 nitrogen and oxygen atoms in total. The molecule has 0 radical (unpaired) electrons. The third-order valence-corrected chi connectivity index (χ3v) is 3.61. The maximum atomic E-state index is 12.1. The SMILES string of the molecule is CN(C(=O)OC(C)(C)C)[C@H]1CCN(Cc2cccnc2)C1. The van der Waals surface area contributed by atoms with E-state index in [2.05, 4.69) is 16.0 Å². The number of rotatable bonds is 3. The lowest BCUT2D eigenvalue weighted by atomic mass is 10.2. The summed E-state index contributed by atoms with van der Waals surface area (Å²) in [5.74, 6) is 0. The Balaban J connectivity index is 1.85. The van der Waals surface area contributed by atoms with E-state index in [1.165, 1.54) is 5.56 Å². The molecule has 1 aliphatic heterocycles. The van der Waals surface area contributed by atoms with Crippen molar-refractivity contribution in [1.82, 2.24) is 14.8 Å². The topological polar surface area (TPSA) is 45.7 Å². The summed E-state index contributed by atoms with van der Waals surface area (Å²) in [7, 11) is 1.83. The Kier molecular flexibility index (Phi) is 4.83. The molecule has 5 heteroatoms. The lowest BCUT2D eigenvalue weighted by Gasteiger charge is -2.28. The molecule has 116 valence electrons. The quantitative estimate of drug-likeness (QED) is 0.858. The minimum atomic E-state index is -0.445. The zero-order valence-corrected chi connectivity index (χ0v) is 13.4. The van der Waals surface area contributed by atoms with Crippen LogP contribution in [0.25, 0.3) is 0 Å². The van der Waals surface area contributed by atoms with Crippen molar-refractivity contribution in [2.75, 3.05) is 20.1 Å². The number of hydrogen-bond donors (Lipinski definition) is 0. The Morgan fingerprint density at radius 1 is 1.52 bits per heavy atom. The summed E-state index contributed by atoms with van der Waals surface area (Å²) < 4.78 is 5.42. The second-order valence-electron chi connectivity index (χ2n) is 6.63. The number of carbonyl (C=O) groups is 1. The van der Waals surface area contributed by atoms with Gasteiger partial charge in [-0.05, 0) is 38.8 Å². The van der Waals surface area contributed by atoms with Crippen LogP contribution in [0.4, 0.5) is 4.79 Å². The normalized spacial score (nSPS) is 19.5. The van der Waals surface area contributed by atoms with Crippen LogP contribution in [0.15, 0.2) is 24.5 Å². The summed E-state index contributed by atoms with van der Waals surface area (Å²) in [5, 5.41) is 0. The van der Waals surface area contributed by atoms with Gasteiger partial charge >= 0.3 is 6.09 Å². The fraction of sp³-hybridized carbons (Fsp3) is 0.625. The first-order chi connectivity index (χ1) is 9.85. The van der Waals surface area contributed by atoms with E-state index >= 15 is 0 Å². The van der Waals surface area contributed by atoms with Crippen LogP contribution in [0.2, 0.25) is 0 Å². The van der Waals surface area contributed by atoms with Crippen LogP contribution in [0.1, 0.15) is 32.8 Å². The zero-order valence-electron chi connectivity index (χ0n) is 13.4. The van der Waals surface area contributed by atoms with E-state index in [1.54, 1.807) is 11.1 Å². The van der Waals surface area contributed by atoms with Crippen molar-refractivity contribution in [3.8, 4) is 0 Å². The summed E-state index contributed by atoms with van der Waals surface area (Å²) in [6.45, 7) is 8.43. The van der Waals surface area contributed by atoms with Gasteiger partial charge in [0.1, 0.15) is 5.60 Å². The highest BCUT2D eigenvalue weighted by Gasteiger charge is 2.30. The number of hydrogen-bond acceptors (Lipinski definition) is 4. The van der Waals surface area contributed by atoms with Crippen LogP contribution < -0.4 is 0 Å². The van der Waals surface area contributed by atoms with Crippen molar-refractivity contribution < 1.29 is 9.53 Å². The number of likely N-dealkylation sites (N-methyl/N-ethyl adjacent to an activating group) is 1. The summed E-state index contributed by atoms with van der Waals surface area (Å²) in [6.07, 6.45) is 4.42. The molecule has 0 aromatic carbocycles. The van der Waals surface area contributed by atoms with Crippen LogP contribution in [-0.2, 0) is 11.3 Å². The molecule has 1 aromatic rings. The molecule has 1 saturated heterocycles. The Labute approximate surface area is 126 Å². The summed E-state index contributed by atoms with van der Waals surface area (Å²) in [5.41, 5.74) is 0.761. The highest BCUT2D eigenvalue weighted by Crippen LogP contribution is 2.19. The largest absolute Gasteiger partial charge is 0.444 e. The summed E-state index contributed by atoms with van der Waals surface area (Å²) in [6, 6.07) is 4.25. The number of nitrogens with zero attached hydrogens (tertiary/aromatic N) is 3. The predicted molar refractivity (Wildman–Crippen MR) is 81.9 cm³/mol. The number of amides is 1.